The Kier molecular flexibility index (Phi) is 3.85. The van der Waals surface area contributed by atoms with E-state index in [0.717, 1.165) is 0 Å². The first kappa shape index (κ1) is 10.1. The van der Waals surface area contributed by atoms with E-state index >= 15 is 0 Å². The Morgan fingerprint density at radius 2 is 2.54 bits per heavy atom. The number of nitrogens with one attached hydrogen (secondary N) is 2. The Morgan fingerprint density at radius 1 is 1.77 bits per heavy atom. The summed E-state index contributed by atoms with van der Waals surface area (Å²) >= 11 is 1.42. The molecule has 4 nitrogen and oxygen atoms in total. The number of thiazole rings is 1. The molecule has 5 heteroatoms. The predicted octanol–water partition coefficient (Wildman–Crippen LogP) is 0.937. The highest BCUT2D eigenvalue weighted by molar-refractivity contribution is 7.13. The van der Waals surface area contributed by atoms with Crippen LogP contribution in [0.3, 0.4) is 0 Å². The summed E-state index contributed by atoms with van der Waals surface area (Å²) in [6, 6.07) is 0. The van der Waals surface area contributed by atoms with Crippen molar-refractivity contribution in [1.82, 2.24) is 10.3 Å². The first-order valence-corrected chi connectivity index (χ1v) is 4.97. The third-order valence-electron chi connectivity index (χ3n) is 1.62. The Hall–Kier alpha value is -0.940. The van der Waals surface area contributed by atoms with Gasteiger partial charge in [-0.15, -0.1) is 11.3 Å². The molecule has 1 aromatic heterocycles. The molecule has 0 bridgehead atoms. The molecule has 0 aromatic carbocycles. The predicted molar refractivity (Wildman–Crippen MR) is 53.8 cm³/mol. The molecule has 1 atom stereocenters. The molecule has 0 aliphatic carbocycles. The molecule has 0 saturated carbocycles. The van der Waals surface area contributed by atoms with Gasteiger partial charge in [0.1, 0.15) is 0 Å². The van der Waals surface area contributed by atoms with E-state index in [4.69, 9.17) is 0 Å². The second kappa shape index (κ2) is 4.94. The van der Waals surface area contributed by atoms with Crippen LogP contribution in [0.1, 0.15) is 6.92 Å². The van der Waals surface area contributed by atoms with Gasteiger partial charge in [-0.2, -0.15) is 0 Å². The van der Waals surface area contributed by atoms with Gasteiger partial charge in [0.05, 0.1) is 0 Å². The fourth-order valence-corrected chi connectivity index (χ4v) is 1.44. The highest BCUT2D eigenvalue weighted by Gasteiger charge is 2.12. The quantitative estimate of drug-likeness (QED) is 0.758. The number of rotatable bonds is 4. The standard InChI is InChI=1S/C8H13N3OS/c1-6(5-9-2)7(12)11-8-10-3-4-13-8/h3-4,6,9H,5H2,1-2H3,(H,10,11,12). The largest absolute Gasteiger partial charge is 0.319 e. The molecular weight excluding hydrogens is 186 g/mol. The molecule has 0 saturated heterocycles. The van der Waals surface area contributed by atoms with Gasteiger partial charge in [-0.3, -0.25) is 4.79 Å². The number of carbonyl (C=O) groups excluding carboxylic acids is 1. The number of hydrogen-bond acceptors (Lipinski definition) is 4. The fourth-order valence-electron chi connectivity index (χ4n) is 0.913. The summed E-state index contributed by atoms with van der Waals surface area (Å²) < 4.78 is 0. The molecule has 1 aromatic rings. The smallest absolute Gasteiger partial charge is 0.230 e. The normalized spacial score (nSPS) is 12.5. The molecule has 0 radical (unpaired) electrons. The van der Waals surface area contributed by atoms with Gasteiger partial charge in [-0.1, -0.05) is 6.92 Å². The van der Waals surface area contributed by atoms with Crippen molar-refractivity contribution in [2.75, 3.05) is 18.9 Å². The van der Waals surface area contributed by atoms with Crippen LogP contribution in [0, 0.1) is 5.92 Å². The Labute approximate surface area is 81.4 Å². The van der Waals surface area contributed by atoms with Crippen LogP contribution in [0.5, 0.6) is 0 Å². The molecule has 72 valence electrons. The number of amides is 1. The van der Waals surface area contributed by atoms with E-state index in [1.807, 2.05) is 19.4 Å². The lowest BCUT2D eigenvalue weighted by Crippen LogP contribution is -2.28. The van der Waals surface area contributed by atoms with Crippen molar-refractivity contribution < 1.29 is 4.79 Å². The summed E-state index contributed by atoms with van der Waals surface area (Å²) in [4.78, 5) is 15.4. The van der Waals surface area contributed by atoms with Crippen LogP contribution < -0.4 is 10.6 Å². The first-order valence-electron chi connectivity index (χ1n) is 4.09. The Bertz CT molecular complexity index is 260. The molecule has 13 heavy (non-hydrogen) atoms. The van der Waals surface area contributed by atoms with Gasteiger partial charge in [-0.25, -0.2) is 4.98 Å². The summed E-state index contributed by atoms with van der Waals surface area (Å²) in [5.41, 5.74) is 0. The van der Waals surface area contributed by atoms with Crippen LogP contribution in [0.25, 0.3) is 0 Å². The van der Waals surface area contributed by atoms with Crippen LogP contribution in [-0.4, -0.2) is 24.5 Å². The van der Waals surface area contributed by atoms with Crippen LogP contribution in [0.2, 0.25) is 0 Å². The average Bonchev–Trinajstić information content (AvgIpc) is 2.57. The van der Waals surface area contributed by atoms with Crippen molar-refractivity contribution in [3.63, 3.8) is 0 Å². The van der Waals surface area contributed by atoms with Gasteiger partial charge in [0, 0.05) is 24.0 Å². The Balaban J connectivity index is 2.41. The maximum absolute atomic E-state index is 11.4. The van der Waals surface area contributed by atoms with E-state index in [1.165, 1.54) is 11.3 Å². The molecule has 1 unspecified atom stereocenters. The first-order chi connectivity index (χ1) is 6.24. The molecule has 1 amide bonds. The maximum Gasteiger partial charge on any atom is 0.230 e. The van der Waals surface area contributed by atoms with E-state index in [1.54, 1.807) is 6.20 Å². The molecule has 1 rings (SSSR count). The monoisotopic (exact) mass is 199 g/mol. The Morgan fingerprint density at radius 3 is 3.08 bits per heavy atom. The van der Waals surface area contributed by atoms with Crippen molar-refractivity contribution >= 4 is 22.4 Å². The molecule has 2 N–H and O–H groups in total. The topological polar surface area (TPSA) is 54.0 Å². The highest BCUT2D eigenvalue weighted by atomic mass is 32.1. The van der Waals surface area contributed by atoms with Gasteiger partial charge in [0.2, 0.25) is 5.91 Å². The van der Waals surface area contributed by atoms with Crippen LogP contribution in [-0.2, 0) is 4.79 Å². The van der Waals surface area contributed by atoms with Crippen LogP contribution in [0.4, 0.5) is 5.13 Å². The maximum atomic E-state index is 11.4. The van der Waals surface area contributed by atoms with E-state index in [0.29, 0.717) is 11.7 Å². The summed E-state index contributed by atoms with van der Waals surface area (Å²) in [5, 5.41) is 8.18. The number of carbonyl (C=O) groups is 1. The van der Waals surface area contributed by atoms with Gasteiger partial charge in [0.15, 0.2) is 5.13 Å². The summed E-state index contributed by atoms with van der Waals surface area (Å²) in [6.45, 7) is 2.55. The summed E-state index contributed by atoms with van der Waals surface area (Å²) in [6.07, 6.45) is 1.67. The minimum Gasteiger partial charge on any atom is -0.319 e. The number of hydrogen-bond donors (Lipinski definition) is 2. The lowest BCUT2D eigenvalue weighted by molar-refractivity contribution is -0.119. The third kappa shape index (κ3) is 3.12. The van der Waals surface area contributed by atoms with E-state index < -0.39 is 0 Å². The second-order valence-corrected chi connectivity index (χ2v) is 3.68. The zero-order chi connectivity index (χ0) is 9.68. The van der Waals surface area contributed by atoms with Gasteiger partial charge in [-0.05, 0) is 7.05 Å². The van der Waals surface area contributed by atoms with Crippen molar-refractivity contribution in [2.45, 2.75) is 6.92 Å². The minimum atomic E-state index is -0.0334. The third-order valence-corrected chi connectivity index (χ3v) is 2.31. The van der Waals surface area contributed by atoms with Crippen LogP contribution >= 0.6 is 11.3 Å². The van der Waals surface area contributed by atoms with Crippen molar-refractivity contribution in [1.29, 1.82) is 0 Å². The average molecular weight is 199 g/mol. The van der Waals surface area contributed by atoms with Crippen molar-refractivity contribution in [3.05, 3.63) is 11.6 Å². The zero-order valence-corrected chi connectivity index (χ0v) is 8.52. The molecule has 0 aliphatic heterocycles. The number of nitrogens with zero attached hydrogens (tertiary/aromatic N) is 1. The lowest BCUT2D eigenvalue weighted by atomic mass is 10.2. The zero-order valence-electron chi connectivity index (χ0n) is 7.70. The van der Waals surface area contributed by atoms with Gasteiger partial charge >= 0.3 is 0 Å². The lowest BCUT2D eigenvalue weighted by Gasteiger charge is -2.08. The van der Waals surface area contributed by atoms with Gasteiger partial charge < -0.3 is 10.6 Å². The molecule has 0 fully saturated rings. The minimum absolute atomic E-state index is 0.00398. The second-order valence-electron chi connectivity index (χ2n) is 2.79. The SMILES string of the molecule is CNCC(C)C(=O)Nc1nccs1. The molecular formula is C8H13N3OS. The van der Waals surface area contributed by atoms with E-state index in [-0.39, 0.29) is 11.8 Å². The fraction of sp³-hybridized carbons (Fsp3) is 0.500. The number of aromatic nitrogens is 1. The molecule has 1 heterocycles. The van der Waals surface area contributed by atoms with Crippen molar-refractivity contribution in [3.8, 4) is 0 Å². The molecule has 0 aliphatic rings. The number of anilines is 1. The summed E-state index contributed by atoms with van der Waals surface area (Å²) in [7, 11) is 1.83. The summed E-state index contributed by atoms with van der Waals surface area (Å²) in [5.74, 6) is -0.0294. The van der Waals surface area contributed by atoms with E-state index in [2.05, 4.69) is 15.6 Å². The van der Waals surface area contributed by atoms with E-state index in [9.17, 15) is 4.79 Å². The highest BCUT2D eigenvalue weighted by Crippen LogP contribution is 2.11. The van der Waals surface area contributed by atoms with Crippen LogP contribution in [0.15, 0.2) is 11.6 Å². The van der Waals surface area contributed by atoms with Gasteiger partial charge in [0.25, 0.3) is 0 Å². The van der Waals surface area contributed by atoms with Crippen molar-refractivity contribution in [2.24, 2.45) is 5.92 Å². The molecule has 0 spiro atoms.